The van der Waals surface area contributed by atoms with E-state index >= 15 is 0 Å². The first-order chi connectivity index (χ1) is 7.36. The highest BCUT2D eigenvalue weighted by atomic mass is 19.4. The zero-order chi connectivity index (χ0) is 12.3. The molecule has 0 N–H and O–H groups in total. The lowest BCUT2D eigenvalue weighted by Gasteiger charge is -2.11. The third kappa shape index (κ3) is 2.75. The van der Waals surface area contributed by atoms with Gasteiger partial charge in [-0.3, -0.25) is 0 Å². The monoisotopic (exact) mass is 226 g/mol. The van der Waals surface area contributed by atoms with Crippen LogP contribution in [0.4, 0.5) is 13.2 Å². The molecular weight excluding hydrogens is 213 g/mol. The van der Waals surface area contributed by atoms with Crippen molar-refractivity contribution in [3.63, 3.8) is 0 Å². The lowest BCUT2D eigenvalue weighted by atomic mass is 9.98. The molecule has 1 rings (SSSR count). The molecule has 16 heavy (non-hydrogen) atoms. The lowest BCUT2D eigenvalue weighted by molar-refractivity contribution is -0.137. The molecule has 0 saturated heterocycles. The minimum atomic E-state index is -4.31. The van der Waals surface area contributed by atoms with Crippen LogP contribution in [0.2, 0.25) is 0 Å². The molecule has 0 heterocycles. The fourth-order valence-electron chi connectivity index (χ4n) is 1.44. The van der Waals surface area contributed by atoms with Crippen LogP contribution in [-0.2, 0) is 6.18 Å². The second-order valence-electron chi connectivity index (χ2n) is 3.55. The van der Waals surface area contributed by atoms with Gasteiger partial charge in [0.15, 0.2) is 0 Å². The third-order valence-corrected chi connectivity index (χ3v) is 2.28. The Morgan fingerprint density at radius 2 is 1.94 bits per heavy atom. The van der Waals surface area contributed by atoms with Crippen molar-refractivity contribution >= 4 is 5.57 Å². The maximum Gasteiger partial charge on any atom is 0.416 e. The van der Waals surface area contributed by atoms with Gasteiger partial charge in [0.2, 0.25) is 0 Å². The van der Waals surface area contributed by atoms with Crippen LogP contribution in [0.5, 0.6) is 0 Å². The molecule has 0 aliphatic rings. The van der Waals surface area contributed by atoms with Gasteiger partial charge in [0.25, 0.3) is 0 Å². The SMILES string of the molecule is C=C(/C=C\C)c1cc(C(F)(F)F)ccc1C. The van der Waals surface area contributed by atoms with Crippen molar-refractivity contribution in [2.45, 2.75) is 20.0 Å². The van der Waals surface area contributed by atoms with Crippen molar-refractivity contribution in [2.75, 3.05) is 0 Å². The number of rotatable bonds is 2. The minimum absolute atomic E-state index is 0.535. The van der Waals surface area contributed by atoms with E-state index in [4.69, 9.17) is 0 Å². The topological polar surface area (TPSA) is 0 Å². The number of allylic oxidation sites excluding steroid dienone is 3. The van der Waals surface area contributed by atoms with Gasteiger partial charge in [0.05, 0.1) is 5.56 Å². The van der Waals surface area contributed by atoms with Crippen LogP contribution in [0.25, 0.3) is 5.57 Å². The molecule has 0 atom stereocenters. The average molecular weight is 226 g/mol. The van der Waals surface area contributed by atoms with E-state index < -0.39 is 11.7 Å². The van der Waals surface area contributed by atoms with Crippen LogP contribution >= 0.6 is 0 Å². The van der Waals surface area contributed by atoms with Crippen molar-refractivity contribution in [3.05, 3.63) is 53.6 Å². The van der Waals surface area contributed by atoms with Crippen LogP contribution in [0.15, 0.2) is 36.9 Å². The standard InChI is InChI=1S/C13H13F3/c1-4-5-9(2)12-8-11(13(14,15)16)7-6-10(12)3/h4-8H,2H2,1,3H3/b5-4-. The Morgan fingerprint density at radius 1 is 1.31 bits per heavy atom. The van der Waals surface area contributed by atoms with Gasteiger partial charge >= 0.3 is 6.18 Å². The first-order valence-corrected chi connectivity index (χ1v) is 4.86. The summed E-state index contributed by atoms with van der Waals surface area (Å²) in [5, 5.41) is 0. The largest absolute Gasteiger partial charge is 0.416 e. The molecule has 0 bridgehead atoms. The quantitative estimate of drug-likeness (QED) is 0.646. The smallest absolute Gasteiger partial charge is 0.166 e. The van der Waals surface area contributed by atoms with Gasteiger partial charge in [-0.05, 0) is 42.7 Å². The average Bonchev–Trinajstić information content (AvgIpc) is 2.16. The maximum atomic E-state index is 12.5. The summed E-state index contributed by atoms with van der Waals surface area (Å²) in [7, 11) is 0. The number of aryl methyl sites for hydroxylation is 1. The van der Waals surface area contributed by atoms with Gasteiger partial charge in [-0.2, -0.15) is 13.2 Å². The van der Waals surface area contributed by atoms with E-state index in [1.54, 1.807) is 26.0 Å². The molecule has 0 unspecified atom stereocenters. The molecule has 0 aliphatic carbocycles. The van der Waals surface area contributed by atoms with Crippen molar-refractivity contribution in [2.24, 2.45) is 0 Å². The van der Waals surface area contributed by atoms with Gasteiger partial charge < -0.3 is 0 Å². The van der Waals surface area contributed by atoms with Gasteiger partial charge in [-0.1, -0.05) is 24.8 Å². The van der Waals surface area contributed by atoms with Crippen molar-refractivity contribution in [1.82, 2.24) is 0 Å². The molecular formula is C13H13F3. The summed E-state index contributed by atoms with van der Waals surface area (Å²) in [6, 6.07) is 3.69. The van der Waals surface area contributed by atoms with E-state index in [2.05, 4.69) is 6.58 Å². The summed E-state index contributed by atoms with van der Waals surface area (Å²) in [6.07, 6.45) is -0.858. The number of alkyl halides is 3. The Balaban J connectivity index is 3.24. The molecule has 86 valence electrons. The summed E-state index contributed by atoms with van der Waals surface area (Å²) in [6.45, 7) is 7.31. The molecule has 1 aromatic rings. The van der Waals surface area contributed by atoms with Gasteiger partial charge in [0.1, 0.15) is 0 Å². The predicted molar refractivity (Wildman–Crippen MR) is 60.0 cm³/mol. The first kappa shape index (κ1) is 12.6. The van der Waals surface area contributed by atoms with Crippen LogP contribution < -0.4 is 0 Å². The van der Waals surface area contributed by atoms with E-state index in [0.717, 1.165) is 17.7 Å². The Labute approximate surface area is 93.1 Å². The summed E-state index contributed by atoms with van der Waals surface area (Å²) >= 11 is 0. The molecule has 0 amide bonds. The second-order valence-corrected chi connectivity index (χ2v) is 3.55. The molecule has 0 aliphatic heterocycles. The van der Waals surface area contributed by atoms with E-state index in [9.17, 15) is 13.2 Å². The normalized spacial score (nSPS) is 12.1. The number of hydrogen-bond donors (Lipinski definition) is 0. The number of hydrogen-bond acceptors (Lipinski definition) is 0. The van der Waals surface area contributed by atoms with E-state index in [1.807, 2.05) is 0 Å². The Kier molecular flexibility index (Phi) is 3.58. The first-order valence-electron chi connectivity index (χ1n) is 4.86. The fraction of sp³-hybridized carbons (Fsp3) is 0.231. The zero-order valence-corrected chi connectivity index (χ0v) is 9.23. The van der Waals surface area contributed by atoms with E-state index in [0.29, 0.717) is 11.1 Å². The van der Waals surface area contributed by atoms with Crippen LogP contribution in [0.3, 0.4) is 0 Å². The van der Waals surface area contributed by atoms with Gasteiger partial charge in [0, 0.05) is 0 Å². The Morgan fingerprint density at radius 3 is 2.44 bits per heavy atom. The third-order valence-electron chi connectivity index (χ3n) is 2.28. The van der Waals surface area contributed by atoms with Gasteiger partial charge in [-0.15, -0.1) is 0 Å². The molecule has 3 heteroatoms. The maximum absolute atomic E-state index is 12.5. The highest BCUT2D eigenvalue weighted by Crippen LogP contribution is 2.32. The highest BCUT2D eigenvalue weighted by molar-refractivity contribution is 5.74. The van der Waals surface area contributed by atoms with Crippen LogP contribution in [-0.4, -0.2) is 0 Å². The zero-order valence-electron chi connectivity index (χ0n) is 9.23. The van der Waals surface area contributed by atoms with E-state index in [1.165, 1.54) is 6.07 Å². The number of benzene rings is 1. The minimum Gasteiger partial charge on any atom is -0.166 e. The van der Waals surface area contributed by atoms with Crippen molar-refractivity contribution in [1.29, 1.82) is 0 Å². The Hall–Kier alpha value is -1.51. The molecule has 1 aromatic carbocycles. The van der Waals surface area contributed by atoms with Crippen LogP contribution in [0.1, 0.15) is 23.6 Å². The highest BCUT2D eigenvalue weighted by Gasteiger charge is 2.30. The summed E-state index contributed by atoms with van der Waals surface area (Å²) in [5.74, 6) is 0. The molecule has 0 saturated carbocycles. The predicted octanol–water partition coefficient (Wildman–Crippen LogP) is 4.60. The van der Waals surface area contributed by atoms with Crippen molar-refractivity contribution in [3.8, 4) is 0 Å². The lowest BCUT2D eigenvalue weighted by Crippen LogP contribution is -2.05. The fourth-order valence-corrected chi connectivity index (χ4v) is 1.44. The number of halogens is 3. The van der Waals surface area contributed by atoms with Gasteiger partial charge in [-0.25, -0.2) is 0 Å². The Bertz CT molecular complexity index is 425. The molecule has 0 fully saturated rings. The summed E-state index contributed by atoms with van der Waals surface area (Å²) < 4.78 is 37.5. The summed E-state index contributed by atoms with van der Waals surface area (Å²) in [4.78, 5) is 0. The molecule has 0 spiro atoms. The van der Waals surface area contributed by atoms with Crippen LogP contribution in [0, 0.1) is 6.92 Å². The molecule has 0 radical (unpaired) electrons. The second kappa shape index (κ2) is 4.56. The van der Waals surface area contributed by atoms with Crippen molar-refractivity contribution < 1.29 is 13.2 Å². The molecule has 0 nitrogen and oxygen atoms in total. The van der Waals surface area contributed by atoms with E-state index in [-0.39, 0.29) is 0 Å². The molecule has 0 aromatic heterocycles. The summed E-state index contributed by atoms with van der Waals surface area (Å²) in [5.41, 5.74) is 1.27.